The molecule has 1 heterocycles. The molecule has 3 nitrogen and oxygen atoms in total. The summed E-state index contributed by atoms with van der Waals surface area (Å²) >= 11 is 1.66. The topological polar surface area (TPSA) is 34.2 Å². The van der Waals surface area contributed by atoms with E-state index in [1.54, 1.807) is 11.3 Å². The van der Waals surface area contributed by atoms with E-state index in [2.05, 4.69) is 36.3 Å². The molecule has 0 fully saturated rings. The fourth-order valence-corrected chi connectivity index (χ4v) is 2.40. The summed E-state index contributed by atoms with van der Waals surface area (Å²) < 4.78 is 5.74. The van der Waals surface area contributed by atoms with Gasteiger partial charge in [-0.15, -0.1) is 11.3 Å². The fourth-order valence-electron chi connectivity index (χ4n) is 1.61. The molecule has 0 aliphatic carbocycles. The number of hydrogen-bond donors (Lipinski definition) is 1. The number of rotatable bonds is 5. The van der Waals surface area contributed by atoms with Gasteiger partial charge in [0.15, 0.2) is 0 Å². The van der Waals surface area contributed by atoms with E-state index in [9.17, 15) is 0 Å². The highest BCUT2D eigenvalue weighted by atomic mass is 32.1. The second kappa shape index (κ2) is 5.98. The zero-order valence-corrected chi connectivity index (χ0v) is 11.8. The van der Waals surface area contributed by atoms with Crippen LogP contribution in [0.25, 0.3) is 0 Å². The normalized spacial score (nSPS) is 10.6. The minimum absolute atomic E-state index is 0.530. The van der Waals surface area contributed by atoms with Gasteiger partial charge >= 0.3 is 0 Å². The maximum atomic E-state index is 5.74. The molecule has 96 valence electrons. The summed E-state index contributed by atoms with van der Waals surface area (Å²) in [7, 11) is 1.92. The minimum atomic E-state index is 0.530. The van der Waals surface area contributed by atoms with E-state index in [4.69, 9.17) is 4.74 Å². The Bertz CT molecular complexity index is 522. The molecule has 0 spiro atoms. The predicted octanol–water partition coefficient (Wildman–Crippen LogP) is 3.06. The van der Waals surface area contributed by atoms with E-state index in [-0.39, 0.29) is 0 Å². The molecule has 1 aromatic heterocycles. The third kappa shape index (κ3) is 3.31. The van der Waals surface area contributed by atoms with Crippen LogP contribution >= 0.6 is 11.3 Å². The molecule has 0 radical (unpaired) electrons. The first kappa shape index (κ1) is 13.1. The smallest absolute Gasteiger partial charge is 0.131 e. The fraction of sp³-hybridized carbons (Fsp3) is 0.357. The van der Waals surface area contributed by atoms with Gasteiger partial charge in [-0.2, -0.15) is 0 Å². The van der Waals surface area contributed by atoms with Crippen molar-refractivity contribution in [2.75, 3.05) is 7.05 Å². The number of nitrogens with zero attached hydrogens (tertiary/aromatic N) is 1. The van der Waals surface area contributed by atoms with Crippen molar-refractivity contribution in [2.24, 2.45) is 0 Å². The van der Waals surface area contributed by atoms with Crippen molar-refractivity contribution < 1.29 is 4.74 Å². The zero-order valence-electron chi connectivity index (χ0n) is 11.0. The van der Waals surface area contributed by atoms with Crippen LogP contribution < -0.4 is 10.1 Å². The first-order valence-corrected chi connectivity index (χ1v) is 6.85. The lowest BCUT2D eigenvalue weighted by atomic mass is 10.1. The number of thiazole rings is 1. The molecule has 0 saturated carbocycles. The molecule has 0 aliphatic rings. The number of aromatic nitrogens is 1. The van der Waals surface area contributed by atoms with Crippen molar-refractivity contribution >= 4 is 11.3 Å². The van der Waals surface area contributed by atoms with Crippen molar-refractivity contribution in [3.63, 3.8) is 0 Å². The molecule has 0 bridgehead atoms. The summed E-state index contributed by atoms with van der Waals surface area (Å²) in [4.78, 5) is 4.49. The number of nitrogens with one attached hydrogen (secondary N) is 1. The van der Waals surface area contributed by atoms with Gasteiger partial charge in [-0.05, 0) is 44.2 Å². The maximum Gasteiger partial charge on any atom is 0.131 e. The summed E-state index contributed by atoms with van der Waals surface area (Å²) in [5.41, 5.74) is 3.53. The Balaban J connectivity index is 1.95. The standard InChI is InChI=1S/C14H18N2OS/c1-10-4-5-13(6-11(10)2)17-8-12-9-18-14(16-12)7-15-3/h4-6,9,15H,7-8H2,1-3H3. The highest BCUT2D eigenvalue weighted by molar-refractivity contribution is 7.09. The average molecular weight is 262 g/mol. The van der Waals surface area contributed by atoms with Crippen molar-refractivity contribution in [1.29, 1.82) is 0 Å². The Morgan fingerprint density at radius 3 is 2.83 bits per heavy atom. The average Bonchev–Trinajstić information content (AvgIpc) is 2.79. The Morgan fingerprint density at radius 1 is 1.28 bits per heavy atom. The van der Waals surface area contributed by atoms with Crippen molar-refractivity contribution in [3.8, 4) is 5.75 Å². The monoisotopic (exact) mass is 262 g/mol. The molecular formula is C14H18N2OS. The molecule has 1 aromatic carbocycles. The van der Waals surface area contributed by atoms with Crippen LogP contribution in [-0.4, -0.2) is 12.0 Å². The maximum absolute atomic E-state index is 5.74. The summed E-state index contributed by atoms with van der Waals surface area (Å²) in [6, 6.07) is 6.15. The summed E-state index contributed by atoms with van der Waals surface area (Å²) in [5.74, 6) is 0.904. The van der Waals surface area contributed by atoms with Gasteiger partial charge in [-0.1, -0.05) is 6.07 Å². The largest absolute Gasteiger partial charge is 0.487 e. The van der Waals surface area contributed by atoms with Gasteiger partial charge in [0.1, 0.15) is 17.4 Å². The second-order valence-corrected chi connectivity index (χ2v) is 5.24. The van der Waals surface area contributed by atoms with Crippen molar-refractivity contribution in [1.82, 2.24) is 10.3 Å². The quantitative estimate of drug-likeness (QED) is 0.899. The van der Waals surface area contributed by atoms with Crippen LogP contribution in [0.3, 0.4) is 0 Å². The minimum Gasteiger partial charge on any atom is -0.487 e. The lowest BCUT2D eigenvalue weighted by molar-refractivity contribution is 0.301. The highest BCUT2D eigenvalue weighted by Crippen LogP contribution is 2.18. The molecule has 0 atom stereocenters. The van der Waals surface area contributed by atoms with Gasteiger partial charge in [0, 0.05) is 11.9 Å². The van der Waals surface area contributed by atoms with E-state index in [0.29, 0.717) is 6.61 Å². The van der Waals surface area contributed by atoms with Crippen molar-refractivity contribution in [2.45, 2.75) is 27.0 Å². The Labute approximate surface area is 112 Å². The molecule has 0 saturated heterocycles. The van der Waals surface area contributed by atoms with E-state index >= 15 is 0 Å². The number of ether oxygens (including phenoxy) is 1. The van der Waals surface area contributed by atoms with E-state index < -0.39 is 0 Å². The van der Waals surface area contributed by atoms with Crippen LogP contribution in [0, 0.1) is 13.8 Å². The van der Waals surface area contributed by atoms with Gasteiger partial charge in [0.25, 0.3) is 0 Å². The molecule has 0 unspecified atom stereocenters. The zero-order chi connectivity index (χ0) is 13.0. The molecule has 0 aliphatic heterocycles. The van der Waals surface area contributed by atoms with Gasteiger partial charge < -0.3 is 10.1 Å². The first-order chi connectivity index (χ1) is 8.69. The van der Waals surface area contributed by atoms with Crippen LogP contribution in [0.5, 0.6) is 5.75 Å². The Hall–Kier alpha value is -1.39. The third-order valence-electron chi connectivity index (χ3n) is 2.79. The van der Waals surface area contributed by atoms with Gasteiger partial charge in [0.05, 0.1) is 5.69 Å². The van der Waals surface area contributed by atoms with E-state index in [0.717, 1.165) is 23.0 Å². The van der Waals surface area contributed by atoms with Gasteiger partial charge in [-0.25, -0.2) is 4.98 Å². The molecule has 2 aromatic rings. The molecule has 2 rings (SSSR count). The van der Waals surface area contributed by atoms with Crippen LogP contribution in [-0.2, 0) is 13.2 Å². The van der Waals surface area contributed by atoms with Crippen molar-refractivity contribution in [3.05, 3.63) is 45.4 Å². The Kier molecular flexibility index (Phi) is 4.33. The van der Waals surface area contributed by atoms with Crippen LogP contribution in [0.15, 0.2) is 23.6 Å². The molecule has 1 N–H and O–H groups in total. The number of benzene rings is 1. The summed E-state index contributed by atoms with van der Waals surface area (Å²) in [6.45, 7) is 5.54. The lowest BCUT2D eigenvalue weighted by Gasteiger charge is -2.06. The third-order valence-corrected chi connectivity index (χ3v) is 3.69. The van der Waals surface area contributed by atoms with Gasteiger partial charge in [0.2, 0.25) is 0 Å². The molecule has 0 amide bonds. The second-order valence-electron chi connectivity index (χ2n) is 4.30. The van der Waals surface area contributed by atoms with Crippen LogP contribution in [0.1, 0.15) is 21.8 Å². The van der Waals surface area contributed by atoms with Crippen LogP contribution in [0.2, 0.25) is 0 Å². The molecular weight excluding hydrogens is 244 g/mol. The van der Waals surface area contributed by atoms with Crippen LogP contribution in [0.4, 0.5) is 0 Å². The number of aryl methyl sites for hydroxylation is 2. The molecule has 4 heteroatoms. The van der Waals surface area contributed by atoms with E-state index in [1.165, 1.54) is 11.1 Å². The Morgan fingerprint density at radius 2 is 2.11 bits per heavy atom. The van der Waals surface area contributed by atoms with Gasteiger partial charge in [-0.3, -0.25) is 0 Å². The number of hydrogen-bond acceptors (Lipinski definition) is 4. The lowest BCUT2D eigenvalue weighted by Crippen LogP contribution is -2.05. The first-order valence-electron chi connectivity index (χ1n) is 5.97. The SMILES string of the molecule is CNCc1nc(COc2ccc(C)c(C)c2)cs1. The predicted molar refractivity (Wildman–Crippen MR) is 75.1 cm³/mol. The summed E-state index contributed by atoms with van der Waals surface area (Å²) in [6.07, 6.45) is 0. The highest BCUT2D eigenvalue weighted by Gasteiger charge is 2.03. The van der Waals surface area contributed by atoms with E-state index in [1.807, 2.05) is 18.5 Å². The molecule has 18 heavy (non-hydrogen) atoms. The summed E-state index contributed by atoms with van der Waals surface area (Å²) in [5, 5.41) is 6.23.